The van der Waals surface area contributed by atoms with Crippen LogP contribution < -0.4 is 4.90 Å². The third-order valence-corrected chi connectivity index (χ3v) is 6.43. The van der Waals surface area contributed by atoms with E-state index >= 15 is 0 Å². The lowest BCUT2D eigenvalue weighted by molar-refractivity contribution is -0.384. The maximum Gasteiger partial charge on any atom is 0.311 e. The minimum Gasteiger partial charge on any atom is -0.360 e. The molecule has 0 radical (unpaired) electrons. The van der Waals surface area contributed by atoms with Gasteiger partial charge in [0.05, 0.1) is 4.92 Å². The van der Waals surface area contributed by atoms with Gasteiger partial charge in [0.15, 0.2) is 5.76 Å². The number of aromatic nitrogens is 2. The summed E-state index contributed by atoms with van der Waals surface area (Å²) < 4.78 is 32.2. The van der Waals surface area contributed by atoms with Crippen LogP contribution in [0, 0.1) is 24.0 Å². The highest BCUT2D eigenvalue weighted by Crippen LogP contribution is 2.28. The van der Waals surface area contributed by atoms with Crippen LogP contribution in [-0.4, -0.2) is 54.0 Å². The summed E-state index contributed by atoms with van der Waals surface area (Å²) >= 11 is 0. The number of aryl methyl sites for hydroxylation is 2. The van der Waals surface area contributed by atoms with Gasteiger partial charge in [-0.25, -0.2) is 13.4 Å². The summed E-state index contributed by atoms with van der Waals surface area (Å²) in [7, 11) is -3.74. The maximum absolute atomic E-state index is 12.9. The van der Waals surface area contributed by atoms with Crippen molar-refractivity contribution in [3.8, 4) is 0 Å². The zero-order valence-corrected chi connectivity index (χ0v) is 15.3. The highest BCUT2D eigenvalue weighted by atomic mass is 32.2. The van der Waals surface area contributed by atoms with Crippen molar-refractivity contribution < 1.29 is 17.9 Å². The molecular formula is C15H19N5O5S. The van der Waals surface area contributed by atoms with Gasteiger partial charge in [0.1, 0.15) is 10.6 Å². The normalized spacial score (nSPS) is 16.5. The second-order valence-electron chi connectivity index (χ2n) is 6.00. The summed E-state index contributed by atoms with van der Waals surface area (Å²) in [4.78, 5) is 16.7. The monoisotopic (exact) mass is 381 g/mol. The molecule has 0 amide bonds. The van der Waals surface area contributed by atoms with Crippen LogP contribution >= 0.6 is 0 Å². The average molecular weight is 381 g/mol. The molecule has 26 heavy (non-hydrogen) atoms. The first-order valence-electron chi connectivity index (χ1n) is 8.09. The molecule has 0 atom stereocenters. The average Bonchev–Trinajstić information content (AvgIpc) is 2.81. The standard InChI is InChI=1S/C15H19N5O5S/c1-11-14(12(2)25-17-11)26(23,24)19-8-4-7-18(9-10-19)15-13(20(21)22)5-3-6-16-15/h3,5-6H,4,7-10H2,1-2H3. The van der Waals surface area contributed by atoms with Gasteiger partial charge in [0, 0.05) is 38.4 Å². The van der Waals surface area contributed by atoms with E-state index < -0.39 is 14.9 Å². The molecule has 0 aromatic carbocycles. The largest absolute Gasteiger partial charge is 0.360 e. The molecule has 2 aromatic heterocycles. The van der Waals surface area contributed by atoms with Crippen LogP contribution in [0.2, 0.25) is 0 Å². The van der Waals surface area contributed by atoms with E-state index in [2.05, 4.69) is 10.1 Å². The molecule has 2 aromatic rings. The van der Waals surface area contributed by atoms with Gasteiger partial charge in [0.25, 0.3) is 0 Å². The zero-order chi connectivity index (χ0) is 18.9. The Hall–Kier alpha value is -2.53. The smallest absolute Gasteiger partial charge is 0.311 e. The number of anilines is 1. The number of nitrogens with zero attached hydrogens (tertiary/aromatic N) is 5. The van der Waals surface area contributed by atoms with Crippen molar-refractivity contribution in [3.05, 3.63) is 39.9 Å². The highest BCUT2D eigenvalue weighted by molar-refractivity contribution is 7.89. The molecule has 140 valence electrons. The van der Waals surface area contributed by atoms with Gasteiger partial charge in [-0.15, -0.1) is 0 Å². The van der Waals surface area contributed by atoms with Gasteiger partial charge in [-0.05, 0) is 26.3 Å². The van der Waals surface area contributed by atoms with Gasteiger partial charge >= 0.3 is 5.69 Å². The van der Waals surface area contributed by atoms with Gasteiger partial charge in [-0.2, -0.15) is 4.31 Å². The number of rotatable bonds is 4. The topological polar surface area (TPSA) is 123 Å². The van der Waals surface area contributed by atoms with Crippen LogP contribution in [0.4, 0.5) is 11.5 Å². The quantitative estimate of drug-likeness (QED) is 0.576. The molecule has 1 aliphatic rings. The summed E-state index contributed by atoms with van der Waals surface area (Å²) in [6, 6.07) is 2.90. The van der Waals surface area contributed by atoms with E-state index in [4.69, 9.17) is 4.52 Å². The number of hydrogen-bond donors (Lipinski definition) is 0. The van der Waals surface area contributed by atoms with Crippen molar-refractivity contribution >= 4 is 21.5 Å². The summed E-state index contributed by atoms with van der Waals surface area (Å²) in [5.41, 5.74) is 0.235. The minimum atomic E-state index is -3.74. The molecule has 10 nitrogen and oxygen atoms in total. The lowest BCUT2D eigenvalue weighted by Gasteiger charge is -2.22. The molecule has 0 aliphatic carbocycles. The van der Waals surface area contributed by atoms with Crippen LogP contribution in [0.1, 0.15) is 17.9 Å². The van der Waals surface area contributed by atoms with E-state index in [1.165, 1.54) is 22.6 Å². The highest BCUT2D eigenvalue weighted by Gasteiger charge is 2.33. The van der Waals surface area contributed by atoms with E-state index in [1.807, 2.05) is 0 Å². The summed E-state index contributed by atoms with van der Waals surface area (Å²) in [5.74, 6) is 0.512. The van der Waals surface area contributed by atoms with E-state index in [-0.39, 0.29) is 28.7 Å². The number of hydrogen-bond acceptors (Lipinski definition) is 8. The molecule has 1 aliphatic heterocycles. The van der Waals surface area contributed by atoms with E-state index in [0.29, 0.717) is 31.7 Å². The molecule has 3 heterocycles. The van der Waals surface area contributed by atoms with Crippen LogP contribution in [0.15, 0.2) is 27.7 Å². The molecule has 0 N–H and O–H groups in total. The van der Waals surface area contributed by atoms with E-state index in [0.717, 1.165) is 0 Å². The molecule has 0 bridgehead atoms. The fourth-order valence-corrected chi connectivity index (χ4v) is 4.85. The molecule has 1 fully saturated rings. The third-order valence-electron chi connectivity index (χ3n) is 4.28. The maximum atomic E-state index is 12.9. The van der Waals surface area contributed by atoms with Crippen molar-refractivity contribution in [2.75, 3.05) is 31.1 Å². The Labute approximate surface area is 150 Å². The van der Waals surface area contributed by atoms with Crippen molar-refractivity contribution in [1.82, 2.24) is 14.4 Å². The summed E-state index contributed by atoms with van der Waals surface area (Å²) in [6.45, 7) is 4.44. The Morgan fingerprint density at radius 3 is 2.65 bits per heavy atom. The predicted molar refractivity (Wildman–Crippen MR) is 92.5 cm³/mol. The molecular weight excluding hydrogens is 362 g/mol. The van der Waals surface area contributed by atoms with Crippen LogP contribution in [0.3, 0.4) is 0 Å². The Bertz CT molecular complexity index is 907. The van der Waals surface area contributed by atoms with Crippen LogP contribution in [0.25, 0.3) is 0 Å². The minimum absolute atomic E-state index is 0.0884. The Balaban J connectivity index is 1.84. The molecule has 0 saturated carbocycles. The summed E-state index contributed by atoms with van der Waals surface area (Å²) in [6.07, 6.45) is 2.02. The third kappa shape index (κ3) is 3.27. The lowest BCUT2D eigenvalue weighted by atomic mass is 10.3. The fraction of sp³-hybridized carbons (Fsp3) is 0.467. The lowest BCUT2D eigenvalue weighted by Crippen LogP contribution is -2.36. The summed E-state index contributed by atoms with van der Waals surface area (Å²) in [5, 5.41) is 14.9. The van der Waals surface area contributed by atoms with Gasteiger partial charge in [0.2, 0.25) is 15.8 Å². The van der Waals surface area contributed by atoms with Crippen molar-refractivity contribution in [2.45, 2.75) is 25.2 Å². The van der Waals surface area contributed by atoms with E-state index in [1.54, 1.807) is 18.7 Å². The zero-order valence-electron chi connectivity index (χ0n) is 14.5. The molecule has 11 heteroatoms. The van der Waals surface area contributed by atoms with Crippen molar-refractivity contribution in [2.24, 2.45) is 0 Å². The van der Waals surface area contributed by atoms with Crippen molar-refractivity contribution in [1.29, 1.82) is 0 Å². The van der Waals surface area contributed by atoms with E-state index in [9.17, 15) is 18.5 Å². The second-order valence-corrected chi connectivity index (χ2v) is 7.88. The number of nitro groups is 1. The van der Waals surface area contributed by atoms with Crippen LogP contribution in [-0.2, 0) is 10.0 Å². The first kappa shape index (κ1) is 18.3. The number of sulfonamides is 1. The molecule has 3 rings (SSSR count). The van der Waals surface area contributed by atoms with Crippen LogP contribution in [0.5, 0.6) is 0 Å². The first-order valence-corrected chi connectivity index (χ1v) is 9.53. The van der Waals surface area contributed by atoms with Gasteiger partial charge in [-0.1, -0.05) is 5.16 Å². The fourth-order valence-electron chi connectivity index (χ4n) is 3.09. The van der Waals surface area contributed by atoms with Gasteiger partial charge in [-0.3, -0.25) is 10.1 Å². The Morgan fingerprint density at radius 2 is 2.00 bits per heavy atom. The second kappa shape index (κ2) is 7.00. The number of pyridine rings is 1. The first-order chi connectivity index (χ1) is 12.3. The van der Waals surface area contributed by atoms with Gasteiger partial charge < -0.3 is 9.42 Å². The SMILES string of the molecule is Cc1noc(C)c1S(=O)(=O)N1CCCN(c2ncccc2[N+](=O)[O-])CC1. The predicted octanol–water partition coefficient (Wildman–Crippen LogP) is 1.50. The Morgan fingerprint density at radius 1 is 1.23 bits per heavy atom. The molecule has 1 saturated heterocycles. The Kier molecular flexibility index (Phi) is 4.92. The molecule has 0 unspecified atom stereocenters. The molecule has 0 spiro atoms. The van der Waals surface area contributed by atoms with Crippen molar-refractivity contribution in [3.63, 3.8) is 0 Å².